The number of ether oxygens (including phenoxy) is 1. The monoisotopic (exact) mass is 331 g/mol. The van der Waals surface area contributed by atoms with Crippen LogP contribution in [0.3, 0.4) is 0 Å². The van der Waals surface area contributed by atoms with Crippen molar-refractivity contribution in [2.24, 2.45) is 0 Å². The maximum Gasteiger partial charge on any atom is 0.307 e. The number of fused-ring (bicyclic) bond motifs is 1. The van der Waals surface area contributed by atoms with E-state index in [0.717, 1.165) is 17.8 Å². The van der Waals surface area contributed by atoms with E-state index in [0.29, 0.717) is 31.8 Å². The Kier molecular flexibility index (Phi) is 6.35. The fourth-order valence-corrected chi connectivity index (χ4v) is 2.71. The minimum absolute atomic E-state index is 0.0864. The molecule has 0 fully saturated rings. The van der Waals surface area contributed by atoms with Crippen molar-refractivity contribution in [3.8, 4) is 0 Å². The van der Waals surface area contributed by atoms with Crippen molar-refractivity contribution in [2.45, 2.75) is 40.0 Å². The molecule has 0 aliphatic rings. The highest BCUT2D eigenvalue weighted by molar-refractivity contribution is 5.95. The molecule has 0 spiro atoms. The van der Waals surface area contributed by atoms with E-state index in [1.54, 1.807) is 11.8 Å². The average molecular weight is 331 g/mol. The molecule has 1 amide bonds. The number of aromatic nitrogens is 2. The van der Waals surface area contributed by atoms with Crippen molar-refractivity contribution in [1.29, 1.82) is 0 Å². The highest BCUT2D eigenvalue weighted by atomic mass is 16.5. The van der Waals surface area contributed by atoms with Crippen molar-refractivity contribution in [2.75, 3.05) is 19.7 Å². The summed E-state index contributed by atoms with van der Waals surface area (Å²) in [4.78, 5) is 30.9. The quantitative estimate of drug-likeness (QED) is 0.698. The van der Waals surface area contributed by atoms with Crippen LogP contribution in [0.2, 0.25) is 0 Å². The first-order valence-corrected chi connectivity index (χ1v) is 8.53. The van der Waals surface area contributed by atoms with E-state index >= 15 is 0 Å². The minimum atomic E-state index is -0.278. The predicted molar refractivity (Wildman–Crippen MR) is 92.0 cm³/mol. The van der Waals surface area contributed by atoms with Gasteiger partial charge in [-0.15, -0.1) is 0 Å². The van der Waals surface area contributed by atoms with Crippen molar-refractivity contribution in [3.63, 3.8) is 0 Å². The van der Waals surface area contributed by atoms with Crippen LogP contribution in [0.25, 0.3) is 5.65 Å². The first-order valence-electron chi connectivity index (χ1n) is 8.53. The molecule has 6 nitrogen and oxygen atoms in total. The lowest BCUT2D eigenvalue weighted by Gasteiger charge is -2.22. The highest BCUT2D eigenvalue weighted by Crippen LogP contribution is 2.16. The fraction of sp³-hybridized carbons (Fsp3) is 0.500. The molecule has 24 heavy (non-hydrogen) atoms. The average Bonchev–Trinajstić information content (AvgIpc) is 2.96. The second kappa shape index (κ2) is 8.47. The molecule has 0 aliphatic heterocycles. The van der Waals surface area contributed by atoms with E-state index in [4.69, 9.17) is 4.74 Å². The summed E-state index contributed by atoms with van der Waals surface area (Å²) in [5, 5.41) is 0. The van der Waals surface area contributed by atoms with Crippen LogP contribution >= 0.6 is 0 Å². The molecule has 0 saturated carbocycles. The maximum absolute atomic E-state index is 13.1. The normalized spacial score (nSPS) is 10.8. The number of nitrogens with zero attached hydrogens (tertiary/aromatic N) is 3. The second-order valence-electron chi connectivity index (χ2n) is 5.54. The van der Waals surface area contributed by atoms with Crippen LogP contribution in [0.4, 0.5) is 0 Å². The third-order valence-electron chi connectivity index (χ3n) is 3.81. The Morgan fingerprint density at radius 2 is 2.00 bits per heavy atom. The van der Waals surface area contributed by atoms with Crippen molar-refractivity contribution in [1.82, 2.24) is 14.3 Å². The zero-order valence-electron chi connectivity index (χ0n) is 14.6. The Labute approximate surface area is 142 Å². The fourth-order valence-electron chi connectivity index (χ4n) is 2.71. The molecule has 0 atom stereocenters. The summed E-state index contributed by atoms with van der Waals surface area (Å²) in [5.41, 5.74) is 2.13. The molecule has 2 aromatic rings. The van der Waals surface area contributed by atoms with Crippen molar-refractivity contribution in [3.05, 3.63) is 35.8 Å². The number of aryl methyl sites for hydroxylation is 1. The summed E-state index contributed by atoms with van der Waals surface area (Å²) in [6, 6.07) is 5.67. The molecule has 130 valence electrons. The zero-order chi connectivity index (χ0) is 17.5. The van der Waals surface area contributed by atoms with Crippen LogP contribution in [-0.4, -0.2) is 45.9 Å². The molecule has 0 radical (unpaired) electrons. The van der Waals surface area contributed by atoms with Gasteiger partial charge in [0.2, 0.25) is 0 Å². The summed E-state index contributed by atoms with van der Waals surface area (Å²) >= 11 is 0. The van der Waals surface area contributed by atoms with Crippen LogP contribution in [-0.2, 0) is 16.0 Å². The number of imidazole rings is 1. The van der Waals surface area contributed by atoms with Gasteiger partial charge in [0.05, 0.1) is 18.7 Å². The van der Waals surface area contributed by atoms with Crippen LogP contribution in [0, 0.1) is 0 Å². The molecule has 6 heteroatoms. The van der Waals surface area contributed by atoms with E-state index in [1.807, 2.05) is 42.6 Å². The Bertz CT molecular complexity index is 709. The molecule has 0 saturated heterocycles. The number of pyridine rings is 1. The van der Waals surface area contributed by atoms with Gasteiger partial charge >= 0.3 is 5.97 Å². The molecule has 2 aromatic heterocycles. The topological polar surface area (TPSA) is 63.9 Å². The largest absolute Gasteiger partial charge is 0.466 e. The Hall–Kier alpha value is -2.37. The van der Waals surface area contributed by atoms with Crippen LogP contribution in [0.5, 0.6) is 0 Å². The first kappa shape index (κ1) is 18.0. The molecule has 0 aromatic carbocycles. The molecule has 2 rings (SSSR count). The number of carbonyl (C=O) groups is 2. The SMILES string of the molecule is CCCN(CCC(=O)OCC)C(=O)c1c(CC)nc2ccccn12. The van der Waals surface area contributed by atoms with Gasteiger partial charge in [-0.1, -0.05) is 19.9 Å². The minimum Gasteiger partial charge on any atom is -0.466 e. The molecule has 0 aliphatic carbocycles. The summed E-state index contributed by atoms with van der Waals surface area (Å²) in [6.45, 7) is 7.09. The lowest BCUT2D eigenvalue weighted by Crippen LogP contribution is -2.35. The van der Waals surface area contributed by atoms with E-state index in [1.165, 1.54) is 0 Å². The lowest BCUT2D eigenvalue weighted by atomic mass is 10.2. The van der Waals surface area contributed by atoms with Crippen LogP contribution in [0.15, 0.2) is 24.4 Å². The first-order chi connectivity index (χ1) is 11.6. The number of rotatable bonds is 8. The Morgan fingerprint density at radius 1 is 1.21 bits per heavy atom. The second-order valence-corrected chi connectivity index (χ2v) is 5.54. The third kappa shape index (κ3) is 3.93. The molecule has 0 unspecified atom stereocenters. The van der Waals surface area contributed by atoms with Gasteiger partial charge in [0.25, 0.3) is 5.91 Å². The van der Waals surface area contributed by atoms with Crippen LogP contribution in [0.1, 0.15) is 49.8 Å². The molecule has 2 heterocycles. The number of hydrogen-bond acceptors (Lipinski definition) is 4. The smallest absolute Gasteiger partial charge is 0.307 e. The van der Waals surface area contributed by atoms with E-state index in [2.05, 4.69) is 4.98 Å². The highest BCUT2D eigenvalue weighted by Gasteiger charge is 2.23. The van der Waals surface area contributed by atoms with Gasteiger partial charge in [-0.05, 0) is 31.9 Å². The Morgan fingerprint density at radius 3 is 2.67 bits per heavy atom. The number of carbonyl (C=O) groups excluding carboxylic acids is 2. The van der Waals surface area contributed by atoms with Gasteiger partial charge in [0.1, 0.15) is 11.3 Å². The van der Waals surface area contributed by atoms with Gasteiger partial charge in [-0.25, -0.2) is 4.98 Å². The summed E-state index contributed by atoms with van der Waals surface area (Å²) in [6.07, 6.45) is 3.56. The summed E-state index contributed by atoms with van der Waals surface area (Å²) < 4.78 is 6.79. The van der Waals surface area contributed by atoms with Gasteiger partial charge in [-0.2, -0.15) is 0 Å². The summed E-state index contributed by atoms with van der Waals surface area (Å²) in [7, 11) is 0. The van der Waals surface area contributed by atoms with E-state index in [9.17, 15) is 9.59 Å². The van der Waals surface area contributed by atoms with Crippen LogP contribution < -0.4 is 0 Å². The van der Waals surface area contributed by atoms with Gasteiger partial charge in [0, 0.05) is 19.3 Å². The number of hydrogen-bond donors (Lipinski definition) is 0. The molecular formula is C18H25N3O3. The third-order valence-corrected chi connectivity index (χ3v) is 3.81. The van der Waals surface area contributed by atoms with Crippen molar-refractivity contribution >= 4 is 17.5 Å². The number of esters is 1. The van der Waals surface area contributed by atoms with Gasteiger partial charge in [-0.3, -0.25) is 14.0 Å². The van der Waals surface area contributed by atoms with Gasteiger partial charge in [0.15, 0.2) is 0 Å². The molecular weight excluding hydrogens is 306 g/mol. The maximum atomic E-state index is 13.1. The number of amides is 1. The molecule has 0 bridgehead atoms. The van der Waals surface area contributed by atoms with Gasteiger partial charge < -0.3 is 9.64 Å². The lowest BCUT2D eigenvalue weighted by molar-refractivity contribution is -0.143. The van der Waals surface area contributed by atoms with E-state index < -0.39 is 0 Å². The summed E-state index contributed by atoms with van der Waals surface area (Å²) in [5.74, 6) is -0.364. The predicted octanol–water partition coefficient (Wildman–Crippen LogP) is 2.70. The van der Waals surface area contributed by atoms with E-state index in [-0.39, 0.29) is 18.3 Å². The Balaban J connectivity index is 2.27. The molecule has 0 N–H and O–H groups in total. The zero-order valence-corrected chi connectivity index (χ0v) is 14.6. The van der Waals surface area contributed by atoms with Crippen molar-refractivity contribution < 1.29 is 14.3 Å². The standard InChI is InChI=1S/C18H25N3O3/c1-4-11-20(13-10-16(22)24-6-3)18(23)17-14(5-2)19-15-9-7-8-12-21(15)17/h7-9,12H,4-6,10-11,13H2,1-3H3.